The van der Waals surface area contributed by atoms with Gasteiger partial charge in [0.25, 0.3) is 0 Å². The highest BCUT2D eigenvalue weighted by Gasteiger charge is 2.04. The molecule has 2 rings (SSSR count). The number of nitrogens with zero attached hydrogens (tertiary/aromatic N) is 1. The molecule has 1 atom stereocenters. The van der Waals surface area contributed by atoms with Crippen LogP contribution in [0.2, 0.25) is 0 Å². The van der Waals surface area contributed by atoms with Gasteiger partial charge in [-0.1, -0.05) is 36.4 Å². The molecule has 0 saturated heterocycles. The maximum Gasteiger partial charge on any atom is 0.128 e. The van der Waals surface area contributed by atoms with E-state index in [-0.39, 0.29) is 0 Å². The molecule has 3 heteroatoms. The van der Waals surface area contributed by atoms with Crippen LogP contribution in [0.1, 0.15) is 19.4 Å². The zero-order chi connectivity index (χ0) is 13.5. The van der Waals surface area contributed by atoms with Crippen molar-refractivity contribution < 1.29 is 0 Å². The monoisotopic (exact) mass is 255 g/mol. The van der Waals surface area contributed by atoms with Crippen molar-refractivity contribution in [1.29, 1.82) is 0 Å². The average Bonchev–Trinajstić information content (AvgIpc) is 2.40. The number of aromatic nitrogens is 1. The van der Waals surface area contributed by atoms with Crippen molar-refractivity contribution in [3.8, 4) is 0 Å². The summed E-state index contributed by atoms with van der Waals surface area (Å²) in [6.07, 6.45) is 0.994. The lowest BCUT2D eigenvalue weighted by molar-refractivity contribution is 0.785. The summed E-state index contributed by atoms with van der Waals surface area (Å²) in [5, 5.41) is 6.66. The van der Waals surface area contributed by atoms with Crippen LogP contribution >= 0.6 is 0 Å². The van der Waals surface area contributed by atoms with E-state index in [1.165, 1.54) is 5.56 Å². The minimum Gasteiger partial charge on any atom is -0.370 e. The van der Waals surface area contributed by atoms with E-state index >= 15 is 0 Å². The molecule has 0 aliphatic carbocycles. The smallest absolute Gasteiger partial charge is 0.128 e. The second-order valence-electron chi connectivity index (χ2n) is 4.67. The van der Waals surface area contributed by atoms with Crippen LogP contribution in [0, 0.1) is 0 Å². The van der Waals surface area contributed by atoms with Crippen molar-refractivity contribution in [2.24, 2.45) is 0 Å². The minimum atomic E-state index is 0.353. The van der Waals surface area contributed by atoms with E-state index in [2.05, 4.69) is 53.7 Å². The van der Waals surface area contributed by atoms with Gasteiger partial charge >= 0.3 is 0 Å². The summed E-state index contributed by atoms with van der Waals surface area (Å²) >= 11 is 0. The Morgan fingerprint density at radius 2 is 1.74 bits per heavy atom. The van der Waals surface area contributed by atoms with Crippen LogP contribution < -0.4 is 10.6 Å². The van der Waals surface area contributed by atoms with Gasteiger partial charge in [-0.25, -0.2) is 4.98 Å². The van der Waals surface area contributed by atoms with Gasteiger partial charge in [0.05, 0.1) is 0 Å². The van der Waals surface area contributed by atoms with Crippen LogP contribution in [-0.2, 0) is 6.42 Å². The Labute approximate surface area is 115 Å². The molecule has 1 aromatic heterocycles. The predicted octanol–water partition coefficient (Wildman–Crippen LogP) is 3.56. The Kier molecular flexibility index (Phi) is 4.78. The van der Waals surface area contributed by atoms with Crippen LogP contribution in [0.3, 0.4) is 0 Å². The van der Waals surface area contributed by atoms with Crippen molar-refractivity contribution >= 4 is 11.6 Å². The fourth-order valence-corrected chi connectivity index (χ4v) is 2.07. The topological polar surface area (TPSA) is 37.0 Å². The molecular weight excluding hydrogens is 234 g/mol. The molecule has 2 aromatic rings. The third kappa shape index (κ3) is 4.28. The number of rotatable bonds is 6. The predicted molar refractivity (Wildman–Crippen MR) is 81.6 cm³/mol. The lowest BCUT2D eigenvalue weighted by atomic mass is 10.1. The molecule has 3 nitrogen and oxygen atoms in total. The lowest BCUT2D eigenvalue weighted by Gasteiger charge is -2.15. The summed E-state index contributed by atoms with van der Waals surface area (Å²) < 4.78 is 0. The Morgan fingerprint density at radius 1 is 1.00 bits per heavy atom. The fraction of sp³-hybridized carbons (Fsp3) is 0.312. The van der Waals surface area contributed by atoms with Crippen LogP contribution in [0.25, 0.3) is 0 Å². The molecule has 1 unspecified atom stereocenters. The highest BCUT2D eigenvalue weighted by atomic mass is 15.1. The van der Waals surface area contributed by atoms with Gasteiger partial charge in [0.15, 0.2) is 0 Å². The molecule has 0 bridgehead atoms. The van der Waals surface area contributed by atoms with Gasteiger partial charge in [-0.15, -0.1) is 0 Å². The first-order valence-corrected chi connectivity index (χ1v) is 6.79. The third-order valence-electron chi connectivity index (χ3n) is 2.89. The molecule has 100 valence electrons. The molecule has 0 aliphatic rings. The first-order valence-electron chi connectivity index (χ1n) is 6.79. The van der Waals surface area contributed by atoms with E-state index < -0.39 is 0 Å². The summed E-state index contributed by atoms with van der Waals surface area (Å²) in [6, 6.07) is 16.9. The van der Waals surface area contributed by atoms with Gasteiger partial charge in [-0.3, -0.25) is 0 Å². The fourth-order valence-electron chi connectivity index (χ4n) is 2.07. The minimum absolute atomic E-state index is 0.353. The summed E-state index contributed by atoms with van der Waals surface area (Å²) in [4.78, 5) is 4.52. The summed E-state index contributed by atoms with van der Waals surface area (Å²) in [5.41, 5.74) is 1.34. The van der Waals surface area contributed by atoms with E-state index in [9.17, 15) is 0 Å². The molecule has 1 heterocycles. The molecule has 1 aromatic carbocycles. The van der Waals surface area contributed by atoms with E-state index in [0.717, 1.165) is 24.6 Å². The molecule has 0 spiro atoms. The quantitative estimate of drug-likeness (QED) is 0.828. The molecule has 0 fully saturated rings. The molecule has 2 N–H and O–H groups in total. The van der Waals surface area contributed by atoms with Crippen LogP contribution in [0.5, 0.6) is 0 Å². The highest BCUT2D eigenvalue weighted by molar-refractivity contribution is 5.45. The molecule has 0 amide bonds. The number of hydrogen-bond donors (Lipinski definition) is 2. The second kappa shape index (κ2) is 6.78. The van der Waals surface area contributed by atoms with E-state index in [1.54, 1.807) is 0 Å². The molecule has 0 radical (unpaired) electrons. The first kappa shape index (κ1) is 13.4. The lowest BCUT2D eigenvalue weighted by Crippen LogP contribution is -2.19. The Hall–Kier alpha value is -2.03. The van der Waals surface area contributed by atoms with Crippen LogP contribution in [0.4, 0.5) is 11.6 Å². The van der Waals surface area contributed by atoms with Gasteiger partial charge in [0, 0.05) is 12.6 Å². The number of nitrogens with one attached hydrogen (secondary N) is 2. The van der Waals surface area contributed by atoms with Gasteiger partial charge in [-0.05, 0) is 38.0 Å². The van der Waals surface area contributed by atoms with Gasteiger partial charge in [0.2, 0.25) is 0 Å². The first-order chi connectivity index (χ1) is 9.28. The molecule has 19 heavy (non-hydrogen) atoms. The Bertz CT molecular complexity index is 496. The van der Waals surface area contributed by atoms with Crippen LogP contribution in [-0.4, -0.2) is 17.6 Å². The highest BCUT2D eigenvalue weighted by Crippen LogP contribution is 2.12. The van der Waals surface area contributed by atoms with E-state index in [1.807, 2.05) is 24.3 Å². The SMILES string of the molecule is CCNc1cccc(NC(C)Cc2ccccc2)n1. The van der Waals surface area contributed by atoms with Crippen molar-refractivity contribution in [2.45, 2.75) is 26.3 Å². The van der Waals surface area contributed by atoms with E-state index in [0.29, 0.717) is 6.04 Å². The van der Waals surface area contributed by atoms with Crippen molar-refractivity contribution in [1.82, 2.24) is 4.98 Å². The van der Waals surface area contributed by atoms with Gasteiger partial charge < -0.3 is 10.6 Å². The maximum absolute atomic E-state index is 4.52. The number of pyridine rings is 1. The van der Waals surface area contributed by atoms with Crippen molar-refractivity contribution in [3.63, 3.8) is 0 Å². The number of benzene rings is 1. The van der Waals surface area contributed by atoms with Crippen molar-refractivity contribution in [3.05, 3.63) is 54.1 Å². The largest absolute Gasteiger partial charge is 0.370 e. The normalized spacial score (nSPS) is 11.9. The molecule has 0 saturated carbocycles. The number of anilines is 2. The summed E-state index contributed by atoms with van der Waals surface area (Å²) in [6.45, 7) is 5.13. The Balaban J connectivity index is 1.95. The summed E-state index contributed by atoms with van der Waals surface area (Å²) in [5.74, 6) is 1.83. The summed E-state index contributed by atoms with van der Waals surface area (Å²) in [7, 11) is 0. The maximum atomic E-state index is 4.52. The standard InChI is InChI=1S/C16H21N3/c1-3-17-15-10-7-11-16(19-15)18-13(2)12-14-8-5-4-6-9-14/h4-11,13H,3,12H2,1-2H3,(H2,17,18,19). The van der Waals surface area contributed by atoms with Crippen LogP contribution in [0.15, 0.2) is 48.5 Å². The van der Waals surface area contributed by atoms with Gasteiger partial charge in [0.1, 0.15) is 11.6 Å². The van der Waals surface area contributed by atoms with E-state index in [4.69, 9.17) is 0 Å². The van der Waals surface area contributed by atoms with Gasteiger partial charge in [-0.2, -0.15) is 0 Å². The zero-order valence-corrected chi connectivity index (χ0v) is 11.6. The Morgan fingerprint density at radius 3 is 2.47 bits per heavy atom. The number of hydrogen-bond acceptors (Lipinski definition) is 3. The second-order valence-corrected chi connectivity index (χ2v) is 4.67. The average molecular weight is 255 g/mol. The zero-order valence-electron chi connectivity index (χ0n) is 11.6. The third-order valence-corrected chi connectivity index (χ3v) is 2.89. The molecular formula is C16H21N3. The molecule has 0 aliphatic heterocycles. The van der Waals surface area contributed by atoms with Crippen molar-refractivity contribution in [2.75, 3.05) is 17.2 Å².